The van der Waals surface area contributed by atoms with E-state index in [9.17, 15) is 18.0 Å². The highest BCUT2D eigenvalue weighted by Gasteiger charge is 2.36. The average molecular weight is 470 g/mol. The molecule has 0 fully saturated rings. The monoisotopic (exact) mass is 469 g/mol. The maximum atomic E-state index is 13.5. The van der Waals surface area contributed by atoms with Gasteiger partial charge in [-0.05, 0) is 48.0 Å². The first-order valence-corrected chi connectivity index (χ1v) is 11.7. The van der Waals surface area contributed by atoms with Gasteiger partial charge in [0, 0.05) is 23.7 Å². The van der Waals surface area contributed by atoms with Gasteiger partial charge in [-0.3, -0.25) is 9.59 Å². The van der Waals surface area contributed by atoms with Crippen LogP contribution in [0.1, 0.15) is 26.3 Å². The summed E-state index contributed by atoms with van der Waals surface area (Å²) in [6.45, 7) is 0.606. The summed E-state index contributed by atoms with van der Waals surface area (Å²) in [6, 6.07) is 17.3. The van der Waals surface area contributed by atoms with Gasteiger partial charge < -0.3 is 16.0 Å². The number of rotatable bonds is 5. The molecule has 0 saturated carbocycles. The van der Waals surface area contributed by atoms with Gasteiger partial charge in [0.15, 0.2) is 0 Å². The highest BCUT2D eigenvalue weighted by Crippen LogP contribution is 2.38. The minimum atomic E-state index is -4.00. The Labute approximate surface area is 190 Å². The second-order valence-corrected chi connectivity index (χ2v) is 9.57. The average Bonchev–Trinajstić information content (AvgIpc) is 2.86. The normalized spacial score (nSPS) is 14.3. The molecule has 0 bridgehead atoms. The van der Waals surface area contributed by atoms with E-state index in [4.69, 9.17) is 17.3 Å². The predicted octanol–water partition coefficient (Wildman–Crippen LogP) is 3.02. The molecule has 0 saturated heterocycles. The molecule has 4 rings (SSSR count). The zero-order valence-corrected chi connectivity index (χ0v) is 18.5. The van der Waals surface area contributed by atoms with Gasteiger partial charge in [0.2, 0.25) is 9.84 Å². The van der Waals surface area contributed by atoms with E-state index in [1.165, 1.54) is 35.2 Å². The van der Waals surface area contributed by atoms with Crippen molar-refractivity contribution in [1.82, 2.24) is 5.32 Å². The summed E-state index contributed by atoms with van der Waals surface area (Å²) in [5.74, 6) is -0.894. The third kappa shape index (κ3) is 4.00. The van der Waals surface area contributed by atoms with E-state index in [-0.39, 0.29) is 46.2 Å². The minimum absolute atomic E-state index is 0.0480. The lowest BCUT2D eigenvalue weighted by Crippen LogP contribution is -2.31. The van der Waals surface area contributed by atoms with Crippen molar-refractivity contribution in [1.29, 1.82) is 0 Å². The lowest BCUT2D eigenvalue weighted by atomic mass is 10.1. The first kappa shape index (κ1) is 22.0. The molecule has 1 heterocycles. The molecule has 3 aromatic carbocycles. The third-order valence-electron chi connectivity index (χ3n) is 5.11. The van der Waals surface area contributed by atoms with Crippen molar-refractivity contribution < 1.29 is 18.0 Å². The first-order chi connectivity index (χ1) is 15.3. The molecule has 0 unspecified atom stereocenters. The summed E-state index contributed by atoms with van der Waals surface area (Å²) in [6.07, 6.45) is 0. The van der Waals surface area contributed by atoms with Gasteiger partial charge in [0.25, 0.3) is 11.8 Å². The Morgan fingerprint density at radius 3 is 2.53 bits per heavy atom. The van der Waals surface area contributed by atoms with Crippen LogP contribution in [0.5, 0.6) is 0 Å². The predicted molar refractivity (Wildman–Crippen MR) is 122 cm³/mol. The molecule has 9 heteroatoms. The number of amides is 2. The van der Waals surface area contributed by atoms with E-state index >= 15 is 0 Å². The van der Waals surface area contributed by atoms with Crippen LogP contribution in [0.4, 0.5) is 5.69 Å². The van der Waals surface area contributed by atoms with E-state index in [0.717, 1.165) is 0 Å². The molecule has 0 aromatic heterocycles. The van der Waals surface area contributed by atoms with Gasteiger partial charge >= 0.3 is 0 Å². The molecule has 1 aliphatic heterocycles. The van der Waals surface area contributed by atoms with Crippen LogP contribution in [-0.4, -0.2) is 33.3 Å². The zero-order valence-electron chi connectivity index (χ0n) is 16.9. The van der Waals surface area contributed by atoms with Gasteiger partial charge in [0.1, 0.15) is 0 Å². The van der Waals surface area contributed by atoms with Crippen LogP contribution in [0, 0.1) is 0 Å². The van der Waals surface area contributed by atoms with Gasteiger partial charge in [-0.15, -0.1) is 0 Å². The van der Waals surface area contributed by atoms with Crippen LogP contribution in [0.3, 0.4) is 0 Å². The molecule has 3 N–H and O–H groups in total. The Bertz CT molecular complexity index is 1320. The number of sulfone groups is 1. The van der Waals surface area contributed by atoms with Crippen molar-refractivity contribution in [2.24, 2.45) is 5.73 Å². The molecule has 7 nitrogen and oxygen atoms in total. The van der Waals surface area contributed by atoms with Crippen LogP contribution in [-0.2, 0) is 16.4 Å². The largest absolute Gasteiger partial charge is 0.351 e. The van der Waals surface area contributed by atoms with E-state index < -0.39 is 21.7 Å². The number of anilines is 1. The summed E-state index contributed by atoms with van der Waals surface area (Å²) in [7, 11) is -4.00. The molecule has 1 aliphatic rings. The van der Waals surface area contributed by atoms with E-state index in [2.05, 4.69) is 5.32 Å². The van der Waals surface area contributed by atoms with Gasteiger partial charge in [-0.25, -0.2) is 8.42 Å². The number of nitrogens with two attached hydrogens (primary N) is 1. The summed E-state index contributed by atoms with van der Waals surface area (Å²) >= 11 is 6.11. The summed E-state index contributed by atoms with van der Waals surface area (Å²) in [4.78, 5) is 27.3. The van der Waals surface area contributed by atoms with Crippen molar-refractivity contribution in [3.63, 3.8) is 0 Å². The Morgan fingerprint density at radius 1 is 1.00 bits per heavy atom. The molecule has 0 radical (unpaired) electrons. The fourth-order valence-electron chi connectivity index (χ4n) is 3.61. The summed E-state index contributed by atoms with van der Waals surface area (Å²) in [5.41, 5.74) is 6.59. The first-order valence-electron chi connectivity index (χ1n) is 9.85. The number of nitrogens with zero attached hydrogens (tertiary/aromatic N) is 1. The SMILES string of the molecule is NCCNC(=O)c1ccc2c(c1)N(Cc1cccc(Cl)c1)C(=O)c1ccccc1S2(=O)=O. The molecular formula is C23H20ClN3O4S. The van der Waals surface area contributed by atoms with Crippen molar-refractivity contribution in [3.8, 4) is 0 Å². The van der Waals surface area contributed by atoms with Crippen LogP contribution >= 0.6 is 11.6 Å². The number of halogens is 1. The standard InChI is InChI=1S/C23H20ClN3O4S/c24-17-5-3-4-15(12-17)14-27-19-13-16(22(28)26-11-10-25)8-9-21(19)32(30,31)20-7-2-1-6-18(20)23(27)29/h1-9,12-13H,10-11,14,25H2,(H,26,28). The molecule has 2 amide bonds. The van der Waals surface area contributed by atoms with Gasteiger partial charge in [-0.1, -0.05) is 35.9 Å². The molecule has 0 spiro atoms. The van der Waals surface area contributed by atoms with E-state index in [0.29, 0.717) is 10.6 Å². The Hall–Kier alpha value is -3.20. The molecule has 164 valence electrons. The number of hydrogen-bond acceptors (Lipinski definition) is 5. The van der Waals surface area contributed by atoms with Gasteiger partial charge in [-0.2, -0.15) is 0 Å². The molecular weight excluding hydrogens is 450 g/mol. The number of benzene rings is 3. The number of carbonyl (C=O) groups excluding carboxylic acids is 2. The smallest absolute Gasteiger partial charge is 0.259 e. The molecule has 0 aliphatic carbocycles. The van der Waals surface area contributed by atoms with Crippen molar-refractivity contribution in [2.45, 2.75) is 16.3 Å². The number of hydrogen-bond donors (Lipinski definition) is 2. The van der Waals surface area contributed by atoms with Crippen LogP contribution in [0.15, 0.2) is 76.5 Å². The molecule has 0 atom stereocenters. The fraction of sp³-hybridized carbons (Fsp3) is 0.130. The summed E-state index contributed by atoms with van der Waals surface area (Å²) < 4.78 is 26.9. The second-order valence-electron chi connectivity index (χ2n) is 7.25. The van der Waals surface area contributed by atoms with Gasteiger partial charge in [0.05, 0.1) is 27.6 Å². The zero-order chi connectivity index (χ0) is 22.9. The third-order valence-corrected chi connectivity index (χ3v) is 7.21. The van der Waals surface area contributed by atoms with Crippen LogP contribution in [0.25, 0.3) is 0 Å². The Morgan fingerprint density at radius 2 is 1.78 bits per heavy atom. The Balaban J connectivity index is 1.92. The maximum Gasteiger partial charge on any atom is 0.259 e. The molecule has 3 aromatic rings. The quantitative estimate of drug-likeness (QED) is 0.597. The van der Waals surface area contributed by atoms with E-state index in [1.807, 2.05) is 0 Å². The van der Waals surface area contributed by atoms with Crippen LogP contribution < -0.4 is 16.0 Å². The number of fused-ring (bicyclic) bond motifs is 2. The fourth-order valence-corrected chi connectivity index (χ4v) is 5.45. The van der Waals surface area contributed by atoms with Crippen LogP contribution in [0.2, 0.25) is 5.02 Å². The maximum absolute atomic E-state index is 13.5. The number of carbonyl (C=O) groups is 2. The Kier molecular flexibility index (Phi) is 6.01. The van der Waals surface area contributed by atoms with Crippen molar-refractivity contribution >= 4 is 38.9 Å². The van der Waals surface area contributed by atoms with Crippen molar-refractivity contribution in [2.75, 3.05) is 18.0 Å². The summed E-state index contributed by atoms with van der Waals surface area (Å²) in [5, 5.41) is 3.15. The lowest BCUT2D eigenvalue weighted by molar-refractivity contribution is 0.0951. The highest BCUT2D eigenvalue weighted by atomic mass is 35.5. The topological polar surface area (TPSA) is 110 Å². The number of nitrogens with one attached hydrogen (secondary N) is 1. The molecule has 32 heavy (non-hydrogen) atoms. The van der Waals surface area contributed by atoms with Crippen molar-refractivity contribution in [3.05, 3.63) is 88.4 Å². The minimum Gasteiger partial charge on any atom is -0.351 e. The highest BCUT2D eigenvalue weighted by molar-refractivity contribution is 7.91. The van der Waals surface area contributed by atoms with E-state index in [1.54, 1.807) is 36.4 Å². The second kappa shape index (κ2) is 8.74. The lowest BCUT2D eigenvalue weighted by Gasteiger charge is -2.23.